The Bertz CT molecular complexity index is 770. The van der Waals surface area contributed by atoms with Gasteiger partial charge in [-0.3, -0.25) is 4.79 Å². The Morgan fingerprint density at radius 3 is 2.38 bits per heavy atom. The maximum atomic E-state index is 12.3. The van der Waals surface area contributed by atoms with Crippen LogP contribution in [0, 0.1) is 6.92 Å². The van der Waals surface area contributed by atoms with E-state index in [1.54, 1.807) is 24.3 Å². The number of aryl methyl sites for hydroxylation is 1. The molecule has 6 nitrogen and oxygen atoms in total. The fourth-order valence-corrected chi connectivity index (χ4v) is 2.23. The molecular weight excluding hydrogens is 334 g/mol. The number of anilines is 1. The molecule has 0 radical (unpaired) electrons. The van der Waals surface area contributed by atoms with Crippen LogP contribution < -0.4 is 14.8 Å². The first-order valence-electron chi connectivity index (χ1n) is 8.34. The van der Waals surface area contributed by atoms with E-state index in [2.05, 4.69) is 5.32 Å². The summed E-state index contributed by atoms with van der Waals surface area (Å²) in [5.74, 6) is -0.0484. The van der Waals surface area contributed by atoms with Crippen molar-refractivity contribution in [2.45, 2.75) is 26.9 Å². The van der Waals surface area contributed by atoms with Crippen molar-refractivity contribution < 1.29 is 23.8 Å². The molecule has 2 rings (SSSR count). The average molecular weight is 357 g/mol. The van der Waals surface area contributed by atoms with Gasteiger partial charge in [-0.1, -0.05) is 17.7 Å². The SMILES string of the molecule is CCOc1ccc(C(=O)O[C@@H](C)C(=O)Nc2ccc(C)cc2)cc1OC. The highest BCUT2D eigenvalue weighted by Gasteiger charge is 2.20. The molecular formula is C20H23NO5. The van der Waals surface area contributed by atoms with Crippen molar-refractivity contribution in [3.05, 3.63) is 53.6 Å². The van der Waals surface area contributed by atoms with Crippen molar-refractivity contribution in [3.8, 4) is 11.5 Å². The Morgan fingerprint density at radius 1 is 1.08 bits per heavy atom. The summed E-state index contributed by atoms with van der Waals surface area (Å²) in [7, 11) is 1.49. The van der Waals surface area contributed by atoms with Crippen LogP contribution in [0.4, 0.5) is 5.69 Å². The molecule has 138 valence electrons. The molecule has 6 heteroatoms. The smallest absolute Gasteiger partial charge is 0.339 e. The molecule has 0 unspecified atom stereocenters. The Hall–Kier alpha value is -3.02. The summed E-state index contributed by atoms with van der Waals surface area (Å²) in [4.78, 5) is 24.5. The number of rotatable bonds is 7. The molecule has 0 spiro atoms. The minimum atomic E-state index is -0.943. The number of carbonyl (C=O) groups excluding carboxylic acids is 2. The molecule has 0 aliphatic carbocycles. The number of esters is 1. The number of nitrogens with one attached hydrogen (secondary N) is 1. The van der Waals surface area contributed by atoms with E-state index < -0.39 is 18.0 Å². The van der Waals surface area contributed by atoms with Gasteiger partial charge < -0.3 is 19.5 Å². The maximum absolute atomic E-state index is 12.3. The number of hydrogen-bond donors (Lipinski definition) is 1. The van der Waals surface area contributed by atoms with Crippen LogP contribution in [0.25, 0.3) is 0 Å². The van der Waals surface area contributed by atoms with Crippen LogP contribution in [0.3, 0.4) is 0 Å². The number of hydrogen-bond acceptors (Lipinski definition) is 5. The van der Waals surface area contributed by atoms with E-state index in [-0.39, 0.29) is 5.56 Å². The number of benzene rings is 2. The molecule has 0 bridgehead atoms. The third-order valence-electron chi connectivity index (χ3n) is 3.67. The predicted molar refractivity (Wildman–Crippen MR) is 98.8 cm³/mol. The summed E-state index contributed by atoms with van der Waals surface area (Å²) in [6, 6.07) is 12.1. The molecule has 26 heavy (non-hydrogen) atoms. The Labute approximate surface area is 153 Å². The molecule has 0 heterocycles. The van der Waals surface area contributed by atoms with Gasteiger partial charge in [0.1, 0.15) is 0 Å². The van der Waals surface area contributed by atoms with E-state index in [0.29, 0.717) is 23.8 Å². The highest BCUT2D eigenvalue weighted by Crippen LogP contribution is 2.28. The summed E-state index contributed by atoms with van der Waals surface area (Å²) < 4.78 is 15.9. The van der Waals surface area contributed by atoms with E-state index in [9.17, 15) is 9.59 Å². The van der Waals surface area contributed by atoms with Gasteiger partial charge in [-0.05, 0) is 51.1 Å². The Balaban J connectivity index is 2.01. The molecule has 0 aliphatic heterocycles. The lowest BCUT2D eigenvalue weighted by molar-refractivity contribution is -0.123. The van der Waals surface area contributed by atoms with E-state index in [0.717, 1.165) is 5.56 Å². The van der Waals surface area contributed by atoms with Crippen molar-refractivity contribution in [2.24, 2.45) is 0 Å². The summed E-state index contributed by atoms with van der Waals surface area (Å²) in [5.41, 5.74) is 2.01. The second-order valence-electron chi connectivity index (χ2n) is 5.70. The van der Waals surface area contributed by atoms with Crippen LogP contribution in [0.1, 0.15) is 29.8 Å². The van der Waals surface area contributed by atoms with Crippen LogP contribution in [0.2, 0.25) is 0 Å². The molecule has 1 N–H and O–H groups in total. The molecule has 0 saturated heterocycles. The van der Waals surface area contributed by atoms with Crippen LogP contribution in [0.15, 0.2) is 42.5 Å². The third kappa shape index (κ3) is 4.99. The fourth-order valence-electron chi connectivity index (χ4n) is 2.23. The van der Waals surface area contributed by atoms with E-state index in [1.165, 1.54) is 20.1 Å². The predicted octanol–water partition coefficient (Wildman–Crippen LogP) is 3.59. The molecule has 0 fully saturated rings. The monoisotopic (exact) mass is 357 g/mol. The highest BCUT2D eigenvalue weighted by molar-refractivity contribution is 5.97. The third-order valence-corrected chi connectivity index (χ3v) is 3.67. The van der Waals surface area contributed by atoms with Crippen molar-refractivity contribution in [1.82, 2.24) is 0 Å². The van der Waals surface area contributed by atoms with Gasteiger partial charge in [-0.2, -0.15) is 0 Å². The average Bonchev–Trinajstić information content (AvgIpc) is 2.64. The van der Waals surface area contributed by atoms with Gasteiger partial charge in [-0.25, -0.2) is 4.79 Å². The standard InChI is InChI=1S/C20H23NO5/c1-5-25-17-11-8-15(12-18(17)24-4)20(23)26-14(3)19(22)21-16-9-6-13(2)7-10-16/h6-12,14H,5H2,1-4H3,(H,21,22)/t14-/m0/s1. The van der Waals surface area contributed by atoms with Gasteiger partial charge in [0.2, 0.25) is 0 Å². The van der Waals surface area contributed by atoms with Gasteiger partial charge in [0.25, 0.3) is 5.91 Å². The van der Waals surface area contributed by atoms with Crippen LogP contribution in [-0.2, 0) is 9.53 Å². The fraction of sp³-hybridized carbons (Fsp3) is 0.300. The normalized spacial score (nSPS) is 11.4. The Morgan fingerprint density at radius 2 is 1.77 bits per heavy atom. The van der Waals surface area contributed by atoms with Gasteiger partial charge in [0.05, 0.1) is 19.3 Å². The maximum Gasteiger partial charge on any atom is 0.339 e. The lowest BCUT2D eigenvalue weighted by Gasteiger charge is -2.15. The minimum absolute atomic E-state index is 0.278. The molecule has 0 aliphatic rings. The second kappa shape index (κ2) is 8.89. The lowest BCUT2D eigenvalue weighted by atomic mass is 10.2. The van der Waals surface area contributed by atoms with E-state index in [1.807, 2.05) is 26.0 Å². The zero-order valence-corrected chi connectivity index (χ0v) is 15.4. The first kappa shape index (κ1) is 19.3. The molecule has 1 atom stereocenters. The first-order chi connectivity index (χ1) is 12.4. The molecule has 1 amide bonds. The van der Waals surface area contributed by atoms with Gasteiger partial charge in [0, 0.05) is 5.69 Å². The molecule has 0 aromatic heterocycles. The van der Waals surface area contributed by atoms with Crippen molar-refractivity contribution >= 4 is 17.6 Å². The minimum Gasteiger partial charge on any atom is -0.493 e. The summed E-state index contributed by atoms with van der Waals surface area (Å²) >= 11 is 0. The molecule has 2 aromatic rings. The molecule has 2 aromatic carbocycles. The lowest BCUT2D eigenvalue weighted by Crippen LogP contribution is -2.30. The van der Waals surface area contributed by atoms with Crippen LogP contribution >= 0.6 is 0 Å². The van der Waals surface area contributed by atoms with Crippen molar-refractivity contribution in [1.29, 1.82) is 0 Å². The number of methoxy groups -OCH3 is 1. The zero-order valence-electron chi connectivity index (χ0n) is 15.4. The van der Waals surface area contributed by atoms with Crippen LogP contribution in [0.5, 0.6) is 11.5 Å². The number of carbonyl (C=O) groups is 2. The van der Waals surface area contributed by atoms with E-state index >= 15 is 0 Å². The summed E-state index contributed by atoms with van der Waals surface area (Å²) in [6.07, 6.45) is -0.943. The van der Waals surface area contributed by atoms with Crippen molar-refractivity contribution in [2.75, 3.05) is 19.0 Å². The quantitative estimate of drug-likeness (QED) is 0.767. The largest absolute Gasteiger partial charge is 0.493 e. The summed E-state index contributed by atoms with van der Waals surface area (Å²) in [5, 5.41) is 2.71. The van der Waals surface area contributed by atoms with Crippen molar-refractivity contribution in [3.63, 3.8) is 0 Å². The van der Waals surface area contributed by atoms with Gasteiger partial charge >= 0.3 is 5.97 Å². The Kier molecular flexibility index (Phi) is 6.60. The van der Waals surface area contributed by atoms with Gasteiger partial charge in [-0.15, -0.1) is 0 Å². The van der Waals surface area contributed by atoms with Crippen LogP contribution in [-0.4, -0.2) is 31.7 Å². The first-order valence-corrected chi connectivity index (χ1v) is 8.34. The number of amides is 1. The molecule has 0 saturated carbocycles. The van der Waals surface area contributed by atoms with Gasteiger partial charge in [0.15, 0.2) is 17.6 Å². The summed E-state index contributed by atoms with van der Waals surface area (Å²) in [6.45, 7) is 5.82. The highest BCUT2D eigenvalue weighted by atomic mass is 16.5. The van der Waals surface area contributed by atoms with E-state index in [4.69, 9.17) is 14.2 Å². The number of ether oxygens (including phenoxy) is 3. The topological polar surface area (TPSA) is 73.9 Å². The zero-order chi connectivity index (χ0) is 19.1. The second-order valence-corrected chi connectivity index (χ2v) is 5.70.